The van der Waals surface area contributed by atoms with Gasteiger partial charge >= 0.3 is 0 Å². The largest absolute Gasteiger partial charge is 0.357 e. The molecule has 1 aliphatic rings. The molecule has 0 bridgehead atoms. The van der Waals surface area contributed by atoms with Gasteiger partial charge in [0.1, 0.15) is 5.82 Å². The molecule has 0 aromatic carbocycles. The molecule has 1 N–H and O–H groups in total. The summed E-state index contributed by atoms with van der Waals surface area (Å²) in [6.07, 6.45) is 3.97. The van der Waals surface area contributed by atoms with Crippen molar-refractivity contribution >= 4 is 21.5 Å². The summed E-state index contributed by atoms with van der Waals surface area (Å²) < 4.78 is 25.2. The summed E-state index contributed by atoms with van der Waals surface area (Å²) in [6, 6.07) is 3.62. The molecule has 0 amide bonds. The Morgan fingerprint density at radius 1 is 1.35 bits per heavy atom. The average Bonchev–Trinajstić information content (AvgIpc) is 2.83. The zero-order valence-corrected chi connectivity index (χ0v) is 10.7. The molecule has 0 spiro atoms. The molecule has 1 aromatic rings. The van der Waals surface area contributed by atoms with Crippen molar-refractivity contribution in [3.8, 4) is 0 Å². The van der Waals surface area contributed by atoms with Gasteiger partial charge < -0.3 is 4.90 Å². The second-order valence-corrected chi connectivity index (χ2v) is 6.12. The fourth-order valence-corrected chi connectivity index (χ4v) is 2.46. The van der Waals surface area contributed by atoms with Gasteiger partial charge in [0, 0.05) is 13.1 Å². The van der Waals surface area contributed by atoms with E-state index in [9.17, 15) is 8.42 Å². The van der Waals surface area contributed by atoms with Gasteiger partial charge in [0.2, 0.25) is 10.0 Å². The van der Waals surface area contributed by atoms with Crippen molar-refractivity contribution in [2.45, 2.75) is 19.8 Å². The summed E-state index contributed by atoms with van der Waals surface area (Å²) in [7, 11) is -3.21. The molecule has 1 aliphatic heterocycles. The number of anilines is 2. The topological polar surface area (TPSA) is 62.3 Å². The van der Waals surface area contributed by atoms with Crippen LogP contribution in [0.3, 0.4) is 0 Å². The minimum absolute atomic E-state index is 0.0703. The molecular weight excluding hydrogens is 238 g/mol. The van der Waals surface area contributed by atoms with E-state index >= 15 is 0 Å². The summed E-state index contributed by atoms with van der Waals surface area (Å²) in [6.45, 7) is 3.68. The SMILES string of the molecule is CCS(=O)(=O)Nc1ccc(N2CCCC2)nc1. The van der Waals surface area contributed by atoms with Crippen molar-refractivity contribution in [2.24, 2.45) is 0 Å². The van der Waals surface area contributed by atoms with Crippen LogP contribution in [0.15, 0.2) is 18.3 Å². The van der Waals surface area contributed by atoms with Crippen molar-refractivity contribution < 1.29 is 8.42 Å². The van der Waals surface area contributed by atoms with Gasteiger partial charge in [0.05, 0.1) is 17.6 Å². The predicted molar refractivity (Wildman–Crippen MR) is 68.8 cm³/mol. The van der Waals surface area contributed by atoms with E-state index in [0.29, 0.717) is 5.69 Å². The smallest absolute Gasteiger partial charge is 0.232 e. The van der Waals surface area contributed by atoms with Crippen LogP contribution in [0.5, 0.6) is 0 Å². The van der Waals surface area contributed by atoms with Gasteiger partial charge in [-0.1, -0.05) is 0 Å². The highest BCUT2D eigenvalue weighted by Gasteiger charge is 2.13. The summed E-state index contributed by atoms with van der Waals surface area (Å²) >= 11 is 0. The van der Waals surface area contributed by atoms with Crippen LogP contribution in [0.1, 0.15) is 19.8 Å². The molecule has 2 rings (SSSR count). The zero-order valence-electron chi connectivity index (χ0n) is 9.89. The molecule has 94 valence electrons. The molecule has 17 heavy (non-hydrogen) atoms. The maximum atomic E-state index is 11.4. The summed E-state index contributed by atoms with van der Waals surface area (Å²) in [5.41, 5.74) is 0.523. The Labute approximate surface area is 102 Å². The number of rotatable bonds is 4. The first-order valence-electron chi connectivity index (χ1n) is 5.82. The normalized spacial score (nSPS) is 16.2. The Hall–Kier alpha value is -1.30. The fourth-order valence-electron chi connectivity index (χ4n) is 1.83. The second kappa shape index (κ2) is 4.91. The van der Waals surface area contributed by atoms with E-state index in [4.69, 9.17) is 0 Å². The quantitative estimate of drug-likeness (QED) is 0.884. The monoisotopic (exact) mass is 255 g/mol. The van der Waals surface area contributed by atoms with E-state index < -0.39 is 10.0 Å². The van der Waals surface area contributed by atoms with Crippen LogP contribution in [0.2, 0.25) is 0 Å². The molecule has 0 saturated carbocycles. The summed E-state index contributed by atoms with van der Waals surface area (Å²) in [4.78, 5) is 6.48. The Bertz CT molecular complexity index is 464. The van der Waals surface area contributed by atoms with Gasteiger partial charge in [-0.05, 0) is 31.9 Å². The van der Waals surface area contributed by atoms with E-state index in [1.54, 1.807) is 19.2 Å². The molecule has 2 heterocycles. The first-order valence-corrected chi connectivity index (χ1v) is 7.47. The number of pyridine rings is 1. The van der Waals surface area contributed by atoms with Crippen LogP contribution in [-0.2, 0) is 10.0 Å². The molecule has 0 radical (unpaired) electrons. The minimum Gasteiger partial charge on any atom is -0.357 e. The Morgan fingerprint density at radius 3 is 2.59 bits per heavy atom. The van der Waals surface area contributed by atoms with Crippen LogP contribution in [0, 0.1) is 0 Å². The van der Waals surface area contributed by atoms with Crippen LogP contribution in [-0.4, -0.2) is 32.2 Å². The van der Waals surface area contributed by atoms with Crippen molar-refractivity contribution in [1.82, 2.24) is 4.98 Å². The molecule has 1 saturated heterocycles. The first-order chi connectivity index (χ1) is 8.11. The van der Waals surface area contributed by atoms with Crippen LogP contribution in [0.4, 0.5) is 11.5 Å². The van der Waals surface area contributed by atoms with E-state index in [2.05, 4.69) is 14.6 Å². The molecule has 6 heteroatoms. The number of aromatic nitrogens is 1. The van der Waals surface area contributed by atoms with Crippen molar-refractivity contribution in [3.05, 3.63) is 18.3 Å². The molecule has 0 aliphatic carbocycles. The van der Waals surface area contributed by atoms with Gasteiger partial charge in [-0.3, -0.25) is 4.72 Å². The highest BCUT2D eigenvalue weighted by atomic mass is 32.2. The Balaban J connectivity index is 2.07. The van der Waals surface area contributed by atoms with Crippen molar-refractivity contribution in [1.29, 1.82) is 0 Å². The summed E-state index contributed by atoms with van der Waals surface area (Å²) in [5, 5.41) is 0. The maximum Gasteiger partial charge on any atom is 0.232 e. The van der Waals surface area contributed by atoms with Gasteiger partial charge in [-0.2, -0.15) is 0 Å². The van der Waals surface area contributed by atoms with Crippen LogP contribution < -0.4 is 9.62 Å². The lowest BCUT2D eigenvalue weighted by Gasteiger charge is -2.16. The highest BCUT2D eigenvalue weighted by Crippen LogP contribution is 2.19. The van der Waals surface area contributed by atoms with Gasteiger partial charge in [0.15, 0.2) is 0 Å². The molecular formula is C11H17N3O2S. The lowest BCUT2D eigenvalue weighted by atomic mass is 10.4. The molecule has 0 unspecified atom stereocenters. The predicted octanol–water partition coefficient (Wildman–Crippen LogP) is 1.44. The Morgan fingerprint density at radius 2 is 2.06 bits per heavy atom. The van der Waals surface area contributed by atoms with E-state index in [1.807, 2.05) is 6.07 Å². The number of hydrogen-bond acceptors (Lipinski definition) is 4. The number of hydrogen-bond donors (Lipinski definition) is 1. The zero-order chi connectivity index (χ0) is 12.3. The third-order valence-corrected chi connectivity index (χ3v) is 4.14. The second-order valence-electron chi connectivity index (χ2n) is 4.10. The maximum absolute atomic E-state index is 11.4. The molecule has 5 nitrogen and oxygen atoms in total. The lowest BCUT2D eigenvalue weighted by molar-refractivity contribution is 0.602. The van der Waals surface area contributed by atoms with Gasteiger partial charge in [0.25, 0.3) is 0 Å². The third-order valence-electron chi connectivity index (χ3n) is 2.83. The van der Waals surface area contributed by atoms with E-state index in [1.165, 1.54) is 12.8 Å². The van der Waals surface area contributed by atoms with Crippen molar-refractivity contribution in [2.75, 3.05) is 28.5 Å². The molecule has 1 aromatic heterocycles. The molecule has 0 atom stereocenters. The standard InChI is InChI=1S/C11H17N3O2S/c1-2-17(15,16)13-10-5-6-11(12-9-10)14-7-3-4-8-14/h5-6,9,13H,2-4,7-8H2,1H3. The highest BCUT2D eigenvalue weighted by molar-refractivity contribution is 7.92. The van der Waals surface area contributed by atoms with E-state index in [0.717, 1.165) is 18.9 Å². The van der Waals surface area contributed by atoms with Crippen LogP contribution >= 0.6 is 0 Å². The number of sulfonamides is 1. The fraction of sp³-hybridized carbons (Fsp3) is 0.545. The minimum atomic E-state index is -3.21. The van der Waals surface area contributed by atoms with Crippen LogP contribution in [0.25, 0.3) is 0 Å². The number of nitrogens with one attached hydrogen (secondary N) is 1. The van der Waals surface area contributed by atoms with Gasteiger partial charge in [-0.25, -0.2) is 13.4 Å². The lowest BCUT2D eigenvalue weighted by Crippen LogP contribution is -2.19. The third kappa shape index (κ3) is 3.09. The Kier molecular flexibility index (Phi) is 3.51. The molecule has 1 fully saturated rings. The summed E-state index contributed by atoms with van der Waals surface area (Å²) in [5.74, 6) is 0.989. The first kappa shape index (κ1) is 12.2. The van der Waals surface area contributed by atoms with E-state index in [-0.39, 0.29) is 5.75 Å². The van der Waals surface area contributed by atoms with Crippen molar-refractivity contribution in [3.63, 3.8) is 0 Å². The number of nitrogens with zero attached hydrogens (tertiary/aromatic N) is 2. The van der Waals surface area contributed by atoms with Gasteiger partial charge in [-0.15, -0.1) is 0 Å². The average molecular weight is 255 g/mol.